The molecule has 3 aromatic rings. The fourth-order valence-corrected chi connectivity index (χ4v) is 3.72. The van der Waals surface area contributed by atoms with E-state index >= 15 is 0 Å². The number of rotatable bonds is 8. The Morgan fingerprint density at radius 2 is 1.58 bits per heavy atom. The summed E-state index contributed by atoms with van der Waals surface area (Å²) in [4.78, 5) is 48.2. The topological polar surface area (TPSA) is 133 Å². The fraction of sp³-hybridized carbons (Fsp3) is 0.0833. The summed E-state index contributed by atoms with van der Waals surface area (Å²) in [6, 6.07) is 17.5. The first-order valence-corrected chi connectivity index (χ1v) is 10.7. The van der Waals surface area contributed by atoms with Gasteiger partial charge in [0.1, 0.15) is 0 Å². The van der Waals surface area contributed by atoms with Gasteiger partial charge in [-0.3, -0.25) is 9.59 Å². The van der Waals surface area contributed by atoms with Crippen molar-refractivity contribution in [1.82, 2.24) is 0 Å². The average Bonchev–Trinajstić information content (AvgIpc) is 2.79. The first-order chi connectivity index (χ1) is 15.7. The van der Waals surface area contributed by atoms with E-state index < -0.39 is 23.4 Å². The van der Waals surface area contributed by atoms with Crippen LogP contribution in [0.3, 0.4) is 0 Å². The molecule has 3 aromatic carbocycles. The Kier molecular flexibility index (Phi) is 7.47. The molecule has 2 amide bonds. The second-order valence-electron chi connectivity index (χ2n) is 7.00. The van der Waals surface area contributed by atoms with Gasteiger partial charge in [0.2, 0.25) is 5.91 Å². The fourth-order valence-electron chi connectivity index (χ4n) is 2.96. The van der Waals surface area contributed by atoms with Gasteiger partial charge in [0.25, 0.3) is 5.91 Å². The molecule has 8 nitrogen and oxygen atoms in total. The molecule has 0 radical (unpaired) electrons. The number of aryl methyl sites for hydroxylation is 1. The molecular weight excluding hydrogens is 444 g/mol. The normalized spacial score (nSPS) is 10.3. The van der Waals surface area contributed by atoms with Gasteiger partial charge in [0.05, 0.1) is 22.4 Å². The maximum Gasteiger partial charge on any atom is 0.336 e. The van der Waals surface area contributed by atoms with Crippen molar-refractivity contribution in [3.8, 4) is 0 Å². The van der Waals surface area contributed by atoms with E-state index in [-0.39, 0.29) is 22.8 Å². The lowest BCUT2D eigenvalue weighted by Gasteiger charge is -2.10. The van der Waals surface area contributed by atoms with Gasteiger partial charge in [-0.15, -0.1) is 11.8 Å². The van der Waals surface area contributed by atoms with E-state index in [0.717, 1.165) is 28.3 Å². The number of hydrogen-bond donors (Lipinski definition) is 4. The molecule has 3 rings (SSSR count). The first kappa shape index (κ1) is 23.6. The van der Waals surface area contributed by atoms with Crippen molar-refractivity contribution >= 4 is 46.9 Å². The molecule has 4 N–H and O–H groups in total. The second kappa shape index (κ2) is 10.5. The van der Waals surface area contributed by atoms with Crippen LogP contribution in [0.2, 0.25) is 0 Å². The van der Waals surface area contributed by atoms with E-state index in [9.17, 15) is 24.3 Å². The SMILES string of the molecule is Cc1ccccc1NC(=O)CSc1cccc(NC(=O)c2ccc(C(=O)O)cc2C(=O)O)c1. The zero-order valence-corrected chi connectivity index (χ0v) is 18.3. The van der Waals surface area contributed by atoms with E-state index in [1.165, 1.54) is 17.8 Å². The smallest absolute Gasteiger partial charge is 0.336 e. The standard InChI is InChI=1S/C24H20N2O6S/c1-14-5-2-3-8-20(14)26-21(27)13-33-17-7-4-6-16(12-17)25-22(28)18-10-9-15(23(29)30)11-19(18)24(31)32/h2-12H,13H2,1H3,(H,25,28)(H,26,27)(H,29,30)(H,31,32). The molecule has 0 aromatic heterocycles. The van der Waals surface area contributed by atoms with Crippen molar-refractivity contribution < 1.29 is 29.4 Å². The highest BCUT2D eigenvalue weighted by Gasteiger charge is 2.19. The van der Waals surface area contributed by atoms with E-state index in [1.807, 2.05) is 31.2 Å². The minimum absolute atomic E-state index is 0.158. The Morgan fingerprint density at radius 3 is 2.27 bits per heavy atom. The van der Waals surface area contributed by atoms with Crippen LogP contribution in [0, 0.1) is 6.92 Å². The van der Waals surface area contributed by atoms with Gasteiger partial charge in [-0.1, -0.05) is 24.3 Å². The van der Waals surface area contributed by atoms with Crippen LogP contribution in [0.15, 0.2) is 71.6 Å². The molecule has 0 bridgehead atoms. The van der Waals surface area contributed by atoms with Gasteiger partial charge >= 0.3 is 11.9 Å². The lowest BCUT2D eigenvalue weighted by atomic mass is 10.0. The number of carbonyl (C=O) groups excluding carboxylic acids is 2. The Morgan fingerprint density at radius 1 is 0.818 bits per heavy atom. The van der Waals surface area contributed by atoms with Gasteiger partial charge in [-0.2, -0.15) is 0 Å². The zero-order chi connectivity index (χ0) is 24.0. The predicted octanol–water partition coefficient (Wildman–Crippen LogP) is 4.37. The number of nitrogens with one attached hydrogen (secondary N) is 2. The van der Waals surface area contributed by atoms with Crippen molar-refractivity contribution in [2.75, 3.05) is 16.4 Å². The number of aromatic carboxylic acids is 2. The predicted molar refractivity (Wildman–Crippen MR) is 125 cm³/mol. The van der Waals surface area contributed by atoms with Crippen molar-refractivity contribution in [2.24, 2.45) is 0 Å². The molecule has 0 aliphatic carbocycles. The molecular formula is C24H20N2O6S. The summed E-state index contributed by atoms with van der Waals surface area (Å²) >= 11 is 1.28. The summed E-state index contributed by atoms with van der Waals surface area (Å²) in [6.07, 6.45) is 0. The highest BCUT2D eigenvalue weighted by molar-refractivity contribution is 8.00. The molecule has 0 saturated heterocycles. The van der Waals surface area contributed by atoms with Crippen LogP contribution in [0.5, 0.6) is 0 Å². The minimum atomic E-state index is -1.41. The summed E-state index contributed by atoms with van der Waals surface area (Å²) in [6.45, 7) is 1.90. The first-order valence-electron chi connectivity index (χ1n) is 9.75. The van der Waals surface area contributed by atoms with Gasteiger partial charge in [-0.05, 0) is 55.0 Å². The monoisotopic (exact) mass is 464 g/mol. The molecule has 0 atom stereocenters. The second-order valence-corrected chi connectivity index (χ2v) is 8.05. The zero-order valence-electron chi connectivity index (χ0n) is 17.5. The van der Waals surface area contributed by atoms with Crippen LogP contribution in [0.1, 0.15) is 36.6 Å². The Hall–Kier alpha value is -4.11. The molecule has 168 valence electrons. The summed E-state index contributed by atoms with van der Waals surface area (Å²) in [7, 11) is 0. The molecule has 0 saturated carbocycles. The lowest BCUT2D eigenvalue weighted by molar-refractivity contribution is -0.113. The quantitative estimate of drug-likeness (QED) is 0.364. The molecule has 0 heterocycles. The number of benzene rings is 3. The van der Waals surface area contributed by atoms with Crippen LogP contribution in [0.25, 0.3) is 0 Å². The number of thioether (sulfide) groups is 1. The number of carboxylic acids is 2. The van der Waals surface area contributed by atoms with Crippen LogP contribution < -0.4 is 10.6 Å². The van der Waals surface area contributed by atoms with E-state index in [4.69, 9.17) is 5.11 Å². The van der Waals surface area contributed by atoms with Gasteiger partial charge in [0, 0.05) is 16.3 Å². The Labute approximate surface area is 193 Å². The maximum atomic E-state index is 12.6. The third kappa shape index (κ3) is 6.20. The molecule has 0 unspecified atom stereocenters. The molecule has 0 aliphatic heterocycles. The summed E-state index contributed by atoms with van der Waals surface area (Å²) in [5.41, 5.74) is 1.30. The number of anilines is 2. The maximum absolute atomic E-state index is 12.6. The lowest BCUT2D eigenvalue weighted by Crippen LogP contribution is -2.17. The van der Waals surface area contributed by atoms with Crippen LogP contribution in [-0.2, 0) is 4.79 Å². The van der Waals surface area contributed by atoms with Crippen molar-refractivity contribution in [3.05, 3.63) is 89.0 Å². The van der Waals surface area contributed by atoms with Crippen LogP contribution in [-0.4, -0.2) is 39.7 Å². The highest BCUT2D eigenvalue weighted by Crippen LogP contribution is 2.23. The summed E-state index contributed by atoms with van der Waals surface area (Å²) in [5, 5.41) is 23.9. The third-order valence-corrected chi connectivity index (χ3v) is 5.62. The number of para-hydroxylation sites is 1. The molecule has 0 fully saturated rings. The van der Waals surface area contributed by atoms with Crippen LogP contribution >= 0.6 is 11.8 Å². The molecule has 0 spiro atoms. The van der Waals surface area contributed by atoms with Crippen molar-refractivity contribution in [2.45, 2.75) is 11.8 Å². The number of carbonyl (C=O) groups is 4. The van der Waals surface area contributed by atoms with Gasteiger partial charge in [0.15, 0.2) is 0 Å². The molecule has 33 heavy (non-hydrogen) atoms. The number of hydrogen-bond acceptors (Lipinski definition) is 5. The summed E-state index contributed by atoms with van der Waals surface area (Å²) in [5.74, 6) is -3.41. The van der Waals surface area contributed by atoms with Crippen molar-refractivity contribution in [3.63, 3.8) is 0 Å². The number of carboxylic acid groups (broad SMARTS) is 2. The van der Waals surface area contributed by atoms with E-state index in [0.29, 0.717) is 5.69 Å². The number of amides is 2. The average molecular weight is 464 g/mol. The molecule has 9 heteroatoms. The largest absolute Gasteiger partial charge is 0.478 e. The van der Waals surface area contributed by atoms with E-state index in [1.54, 1.807) is 24.3 Å². The third-order valence-electron chi connectivity index (χ3n) is 4.62. The Balaban J connectivity index is 1.67. The van der Waals surface area contributed by atoms with Gasteiger partial charge in [-0.25, -0.2) is 9.59 Å². The van der Waals surface area contributed by atoms with Gasteiger partial charge < -0.3 is 20.8 Å². The highest BCUT2D eigenvalue weighted by atomic mass is 32.2. The van der Waals surface area contributed by atoms with E-state index in [2.05, 4.69) is 10.6 Å². The molecule has 0 aliphatic rings. The van der Waals surface area contributed by atoms with Crippen molar-refractivity contribution in [1.29, 1.82) is 0 Å². The minimum Gasteiger partial charge on any atom is -0.478 e. The van der Waals surface area contributed by atoms with Crippen LogP contribution in [0.4, 0.5) is 11.4 Å². The Bertz CT molecular complexity index is 1240. The summed E-state index contributed by atoms with van der Waals surface area (Å²) < 4.78 is 0.